The number of aliphatic imine (C=N–C) groups is 1. The first-order valence-corrected chi connectivity index (χ1v) is 8.14. The molecule has 0 fully saturated rings. The first-order chi connectivity index (χ1) is 11.7. The molecule has 0 spiro atoms. The fraction of sp³-hybridized carbons (Fsp3) is 0.188. The van der Waals surface area contributed by atoms with Gasteiger partial charge in [-0.05, 0) is 30.3 Å². The van der Waals surface area contributed by atoms with E-state index in [1.165, 1.54) is 6.07 Å². The van der Waals surface area contributed by atoms with E-state index in [9.17, 15) is 4.39 Å². The Kier molecular flexibility index (Phi) is 7.12. The molecule has 3 aromatic rings. The van der Waals surface area contributed by atoms with Crippen LogP contribution in [0, 0.1) is 5.82 Å². The minimum Gasteiger partial charge on any atom is -0.352 e. The van der Waals surface area contributed by atoms with Crippen molar-refractivity contribution in [1.82, 2.24) is 25.2 Å². The van der Waals surface area contributed by atoms with Crippen molar-refractivity contribution >= 4 is 51.5 Å². The Bertz CT molecular complexity index is 882. The van der Waals surface area contributed by atoms with Gasteiger partial charge in [-0.1, -0.05) is 22.0 Å². The van der Waals surface area contributed by atoms with Gasteiger partial charge >= 0.3 is 0 Å². The summed E-state index contributed by atoms with van der Waals surface area (Å²) < 4.78 is 16.5. The van der Waals surface area contributed by atoms with E-state index in [-0.39, 0.29) is 29.8 Å². The van der Waals surface area contributed by atoms with Gasteiger partial charge < -0.3 is 10.6 Å². The van der Waals surface area contributed by atoms with Gasteiger partial charge in [-0.15, -0.1) is 34.2 Å². The van der Waals surface area contributed by atoms with Crippen LogP contribution in [0.3, 0.4) is 0 Å². The van der Waals surface area contributed by atoms with Crippen molar-refractivity contribution in [3.05, 3.63) is 64.3 Å². The number of rotatable bonds is 4. The lowest BCUT2D eigenvalue weighted by atomic mass is 10.2. The van der Waals surface area contributed by atoms with Crippen molar-refractivity contribution < 1.29 is 4.39 Å². The zero-order valence-corrected chi connectivity index (χ0v) is 17.3. The molecule has 0 aliphatic heterocycles. The Morgan fingerprint density at radius 3 is 2.80 bits per heavy atom. The van der Waals surface area contributed by atoms with Crippen molar-refractivity contribution in [3.63, 3.8) is 0 Å². The summed E-state index contributed by atoms with van der Waals surface area (Å²) in [6, 6.07) is 10.6. The van der Waals surface area contributed by atoms with E-state index in [2.05, 4.69) is 41.8 Å². The van der Waals surface area contributed by atoms with Crippen LogP contribution in [-0.2, 0) is 13.1 Å². The van der Waals surface area contributed by atoms with Gasteiger partial charge in [0.2, 0.25) is 0 Å². The van der Waals surface area contributed by atoms with E-state index in [1.54, 1.807) is 19.2 Å². The zero-order valence-electron chi connectivity index (χ0n) is 13.4. The molecular weight excluding hydrogens is 502 g/mol. The van der Waals surface area contributed by atoms with E-state index < -0.39 is 0 Å². The highest BCUT2D eigenvalue weighted by molar-refractivity contribution is 14.0. The number of pyridine rings is 1. The van der Waals surface area contributed by atoms with E-state index >= 15 is 0 Å². The third-order valence-electron chi connectivity index (χ3n) is 3.48. The monoisotopic (exact) mass is 518 g/mol. The molecule has 0 aliphatic carbocycles. The van der Waals surface area contributed by atoms with E-state index in [4.69, 9.17) is 0 Å². The minimum absolute atomic E-state index is 0. The van der Waals surface area contributed by atoms with Crippen LogP contribution in [0.5, 0.6) is 0 Å². The fourth-order valence-electron chi connectivity index (χ4n) is 2.25. The maximum Gasteiger partial charge on any atom is 0.191 e. The molecule has 3 rings (SSSR count). The van der Waals surface area contributed by atoms with Crippen molar-refractivity contribution in [2.24, 2.45) is 4.99 Å². The van der Waals surface area contributed by atoms with Crippen molar-refractivity contribution in [2.75, 3.05) is 7.05 Å². The molecule has 9 heteroatoms. The smallest absolute Gasteiger partial charge is 0.191 e. The minimum atomic E-state index is -0.260. The quantitative estimate of drug-likeness (QED) is 0.316. The normalized spacial score (nSPS) is 11.2. The Hall–Kier alpha value is -1.75. The van der Waals surface area contributed by atoms with Gasteiger partial charge in [-0.2, -0.15) is 0 Å². The van der Waals surface area contributed by atoms with Gasteiger partial charge in [0.15, 0.2) is 17.4 Å². The lowest BCUT2D eigenvalue weighted by Crippen LogP contribution is -2.37. The molecule has 2 N–H and O–H groups in total. The Balaban J connectivity index is 0.00000225. The molecule has 25 heavy (non-hydrogen) atoms. The third-order valence-corrected chi connectivity index (χ3v) is 3.97. The van der Waals surface area contributed by atoms with Gasteiger partial charge in [-0.25, -0.2) is 4.39 Å². The summed E-state index contributed by atoms with van der Waals surface area (Å²) in [5, 5.41) is 14.5. The number of guanidine groups is 1. The van der Waals surface area contributed by atoms with Crippen LogP contribution in [-0.4, -0.2) is 27.6 Å². The number of aromatic nitrogens is 3. The van der Waals surface area contributed by atoms with Crippen molar-refractivity contribution in [3.8, 4) is 0 Å². The van der Waals surface area contributed by atoms with Crippen molar-refractivity contribution in [2.45, 2.75) is 13.1 Å². The summed E-state index contributed by atoms with van der Waals surface area (Å²) in [5.74, 6) is 1.06. The first kappa shape index (κ1) is 19.6. The van der Waals surface area contributed by atoms with Gasteiger partial charge in [0, 0.05) is 29.8 Å². The lowest BCUT2D eigenvalue weighted by molar-refractivity contribution is 0.604. The van der Waals surface area contributed by atoms with Crippen molar-refractivity contribution in [1.29, 1.82) is 0 Å². The molecule has 0 aliphatic rings. The predicted molar refractivity (Wildman–Crippen MR) is 110 cm³/mol. The van der Waals surface area contributed by atoms with E-state index in [0.29, 0.717) is 24.6 Å². The number of hydrogen-bond acceptors (Lipinski definition) is 3. The molecule has 132 valence electrons. The standard InChI is InChI=1S/C16H16BrFN6.HI/c1-19-16(20-9-11-8-12(17)5-6-13(11)18)21-10-15-23-22-14-4-2-3-7-24(14)15;/h2-8H,9-10H2,1H3,(H2,19,20,21);1H. The topological polar surface area (TPSA) is 66.6 Å². The summed E-state index contributed by atoms with van der Waals surface area (Å²) in [7, 11) is 1.66. The maximum absolute atomic E-state index is 13.8. The van der Waals surface area contributed by atoms with E-state index in [0.717, 1.165) is 15.9 Å². The highest BCUT2D eigenvalue weighted by Crippen LogP contribution is 2.15. The average Bonchev–Trinajstić information content (AvgIpc) is 3.01. The second-order valence-corrected chi connectivity index (χ2v) is 5.98. The van der Waals surface area contributed by atoms with Gasteiger partial charge in [-0.3, -0.25) is 9.39 Å². The van der Waals surface area contributed by atoms with Gasteiger partial charge in [0.1, 0.15) is 5.82 Å². The van der Waals surface area contributed by atoms with Crippen LogP contribution in [0.4, 0.5) is 4.39 Å². The highest BCUT2D eigenvalue weighted by Gasteiger charge is 2.07. The highest BCUT2D eigenvalue weighted by atomic mass is 127. The van der Waals surface area contributed by atoms with Gasteiger partial charge in [0.05, 0.1) is 6.54 Å². The molecular formula is C16H17BrFIN6. The number of hydrogen-bond donors (Lipinski definition) is 2. The van der Waals surface area contributed by atoms with E-state index in [1.807, 2.05) is 28.8 Å². The fourth-order valence-corrected chi connectivity index (χ4v) is 2.66. The number of benzene rings is 1. The third kappa shape index (κ3) is 4.88. The first-order valence-electron chi connectivity index (χ1n) is 7.34. The Morgan fingerprint density at radius 2 is 2.00 bits per heavy atom. The average molecular weight is 519 g/mol. The molecule has 0 saturated heterocycles. The summed E-state index contributed by atoms with van der Waals surface area (Å²) in [6.45, 7) is 0.775. The summed E-state index contributed by atoms with van der Waals surface area (Å²) in [5.41, 5.74) is 1.34. The molecule has 2 aromatic heterocycles. The number of halogens is 3. The molecule has 2 heterocycles. The lowest BCUT2D eigenvalue weighted by Gasteiger charge is -2.12. The number of nitrogens with one attached hydrogen (secondary N) is 2. The molecule has 0 bridgehead atoms. The van der Waals surface area contributed by atoms with Crippen LogP contribution in [0.2, 0.25) is 0 Å². The van der Waals surface area contributed by atoms with Crippen LogP contribution >= 0.6 is 39.9 Å². The Morgan fingerprint density at radius 1 is 1.20 bits per heavy atom. The second kappa shape index (κ2) is 9.09. The number of fused-ring (bicyclic) bond motifs is 1. The van der Waals surface area contributed by atoms with Gasteiger partial charge in [0.25, 0.3) is 0 Å². The van der Waals surface area contributed by atoms with Crippen LogP contribution < -0.4 is 10.6 Å². The Labute approximate surface area is 170 Å². The number of nitrogens with zero attached hydrogens (tertiary/aromatic N) is 4. The van der Waals surface area contributed by atoms with Crippen LogP contribution in [0.1, 0.15) is 11.4 Å². The summed E-state index contributed by atoms with van der Waals surface area (Å²) in [4.78, 5) is 4.14. The van der Waals surface area contributed by atoms with Crippen LogP contribution in [0.15, 0.2) is 52.1 Å². The molecule has 0 atom stereocenters. The van der Waals surface area contributed by atoms with Crippen LogP contribution in [0.25, 0.3) is 5.65 Å². The maximum atomic E-state index is 13.8. The second-order valence-electron chi connectivity index (χ2n) is 5.06. The summed E-state index contributed by atoms with van der Waals surface area (Å²) >= 11 is 3.34. The summed E-state index contributed by atoms with van der Waals surface area (Å²) in [6.07, 6.45) is 1.90. The molecule has 0 saturated carbocycles. The SMILES string of the molecule is CN=C(NCc1cc(Br)ccc1F)NCc1nnc2ccccn12.I. The molecule has 0 unspecified atom stereocenters. The molecule has 1 aromatic carbocycles. The predicted octanol–water partition coefficient (Wildman–Crippen LogP) is 3.11. The molecule has 0 amide bonds. The largest absolute Gasteiger partial charge is 0.352 e. The zero-order chi connectivity index (χ0) is 16.9. The molecule has 6 nitrogen and oxygen atoms in total. The molecule has 0 radical (unpaired) electrons.